The number of aromatic nitrogens is 8. The van der Waals surface area contributed by atoms with E-state index in [1.165, 1.54) is 6.20 Å². The van der Waals surface area contributed by atoms with Crippen molar-refractivity contribution in [3.63, 3.8) is 0 Å². The smallest absolute Gasteiger partial charge is 0.389 e. The van der Waals surface area contributed by atoms with Crippen molar-refractivity contribution in [2.75, 3.05) is 11.1 Å². The molecule has 2 fully saturated rings. The number of nitrogen functional groups attached to an aromatic ring is 1. The van der Waals surface area contributed by atoms with Crippen molar-refractivity contribution in [3.8, 4) is 11.5 Å². The molecule has 1 unspecified atom stereocenters. The summed E-state index contributed by atoms with van der Waals surface area (Å²) >= 11 is 0. The number of hydrogen-bond acceptors (Lipinski definition) is 10. The van der Waals surface area contributed by atoms with Gasteiger partial charge in [0.25, 0.3) is 0 Å². The van der Waals surface area contributed by atoms with Crippen LogP contribution >= 0.6 is 0 Å². The highest BCUT2D eigenvalue weighted by Gasteiger charge is 2.63. The van der Waals surface area contributed by atoms with Crippen LogP contribution in [-0.2, 0) is 23.6 Å². The summed E-state index contributed by atoms with van der Waals surface area (Å²) in [4.78, 5) is 31.3. The number of carbonyl (C=O) groups is 1. The van der Waals surface area contributed by atoms with Crippen LogP contribution in [0.15, 0.2) is 10.6 Å². The molecule has 2 aliphatic carbocycles. The molecule has 2 saturated carbocycles. The number of amides is 1. The van der Waals surface area contributed by atoms with Crippen molar-refractivity contribution < 1.29 is 26.5 Å². The number of carbonyl (C=O) groups excluding carboxylic acids is 1. The summed E-state index contributed by atoms with van der Waals surface area (Å²) in [5, 5.41) is 15.2. The minimum Gasteiger partial charge on any atom is -0.423 e. The van der Waals surface area contributed by atoms with Crippen molar-refractivity contribution in [1.29, 1.82) is 0 Å². The second-order valence-electron chi connectivity index (χ2n) is 10.2. The van der Waals surface area contributed by atoms with Gasteiger partial charge < -0.3 is 15.5 Å². The molecule has 12 nitrogen and oxygen atoms in total. The zero-order valence-electron chi connectivity index (χ0n) is 23.3. The summed E-state index contributed by atoms with van der Waals surface area (Å²) in [6.45, 7) is -2.73. The van der Waals surface area contributed by atoms with Gasteiger partial charge in [-0.05, 0) is 38.0 Å². The van der Waals surface area contributed by atoms with Gasteiger partial charge in [0.15, 0.2) is 16.9 Å². The van der Waals surface area contributed by atoms with E-state index in [1.54, 1.807) is 0 Å². The highest BCUT2D eigenvalue weighted by molar-refractivity contribution is 6.09. The third-order valence-electron chi connectivity index (χ3n) is 7.36. The molecular formula is C24H23F3N10O2. The molecule has 0 aromatic carbocycles. The molecule has 15 heteroatoms. The molecule has 0 saturated heterocycles. The predicted octanol–water partition coefficient (Wildman–Crippen LogP) is 3.20. The number of fused-ring (bicyclic) bond motifs is 2. The quantitative estimate of drug-likeness (QED) is 0.354. The van der Waals surface area contributed by atoms with E-state index in [1.807, 2.05) is 0 Å². The number of alkyl halides is 3. The van der Waals surface area contributed by atoms with Crippen LogP contribution in [0.1, 0.15) is 71.7 Å². The van der Waals surface area contributed by atoms with Crippen LogP contribution in [0, 0.1) is 5.92 Å². The van der Waals surface area contributed by atoms with Gasteiger partial charge in [-0.15, -0.1) is 10.2 Å². The van der Waals surface area contributed by atoms with Crippen molar-refractivity contribution in [3.05, 3.63) is 29.4 Å². The maximum absolute atomic E-state index is 13.7. The van der Waals surface area contributed by atoms with E-state index in [2.05, 4.69) is 40.5 Å². The molecule has 0 bridgehead atoms. The fraction of sp³-hybridized carbons (Fsp3) is 0.500. The minimum absolute atomic E-state index is 0.0130. The van der Waals surface area contributed by atoms with Crippen LogP contribution in [0.4, 0.5) is 24.8 Å². The van der Waals surface area contributed by atoms with Gasteiger partial charge >= 0.3 is 6.18 Å². The van der Waals surface area contributed by atoms with Gasteiger partial charge in [0.05, 0.1) is 17.1 Å². The van der Waals surface area contributed by atoms with Crippen LogP contribution in [0.25, 0.3) is 22.6 Å². The van der Waals surface area contributed by atoms with E-state index in [9.17, 15) is 18.0 Å². The van der Waals surface area contributed by atoms with Gasteiger partial charge in [0.1, 0.15) is 23.2 Å². The van der Waals surface area contributed by atoms with Crippen molar-refractivity contribution in [2.45, 2.75) is 62.5 Å². The Kier molecular flexibility index (Phi) is 4.34. The highest BCUT2D eigenvalue weighted by atomic mass is 19.4. The van der Waals surface area contributed by atoms with E-state index in [0.29, 0.717) is 16.1 Å². The molecule has 5 heterocycles. The zero-order valence-corrected chi connectivity index (χ0v) is 20.3. The fourth-order valence-corrected chi connectivity index (χ4v) is 5.24. The highest BCUT2D eigenvalue weighted by Crippen LogP contribution is 2.57. The Labute approximate surface area is 222 Å². The Morgan fingerprint density at radius 1 is 1.21 bits per heavy atom. The fourth-order valence-electron chi connectivity index (χ4n) is 5.24. The molecular weight excluding hydrogens is 517 g/mol. The molecule has 1 aliphatic heterocycles. The Morgan fingerprint density at radius 2 is 2.03 bits per heavy atom. The topological polar surface area (TPSA) is 163 Å². The first kappa shape index (κ1) is 20.7. The van der Waals surface area contributed by atoms with Crippen molar-refractivity contribution >= 4 is 28.6 Å². The van der Waals surface area contributed by atoms with Crippen molar-refractivity contribution in [1.82, 2.24) is 39.9 Å². The first-order valence-corrected chi connectivity index (χ1v) is 12.5. The molecule has 3 N–H and O–H groups in total. The lowest BCUT2D eigenvalue weighted by Crippen LogP contribution is -2.39. The lowest BCUT2D eigenvalue weighted by Gasteiger charge is -2.23. The number of halogens is 3. The van der Waals surface area contributed by atoms with Crippen LogP contribution in [0.5, 0.6) is 0 Å². The molecule has 0 radical (unpaired) electrons. The van der Waals surface area contributed by atoms with Crippen molar-refractivity contribution in [2.24, 2.45) is 12.9 Å². The van der Waals surface area contributed by atoms with Gasteiger partial charge in [0, 0.05) is 29.8 Å². The molecule has 3 aliphatic rings. The first-order chi connectivity index (χ1) is 19.9. The number of nitrogens with one attached hydrogen (secondary N) is 1. The Hall–Kier alpha value is -4.17. The number of rotatable bonds is 7. The van der Waals surface area contributed by atoms with Crippen LogP contribution in [0.3, 0.4) is 0 Å². The monoisotopic (exact) mass is 543 g/mol. The Bertz CT molecular complexity index is 1750. The lowest BCUT2D eigenvalue weighted by molar-refractivity contribution is -0.135. The van der Waals surface area contributed by atoms with Gasteiger partial charge in [-0.3, -0.25) is 9.48 Å². The average Bonchev–Trinajstić information content (AvgIpc) is 3.80. The van der Waals surface area contributed by atoms with E-state index in [4.69, 9.17) is 14.3 Å². The largest absolute Gasteiger partial charge is 0.423 e. The number of nitrogens with zero attached hydrogens (tertiary/aromatic N) is 8. The number of aryl methyl sites for hydroxylation is 2. The van der Waals surface area contributed by atoms with Gasteiger partial charge in [0.2, 0.25) is 17.7 Å². The van der Waals surface area contributed by atoms with E-state index >= 15 is 0 Å². The molecule has 4 aromatic rings. The van der Waals surface area contributed by atoms with Gasteiger partial charge in [-0.25, -0.2) is 19.9 Å². The third-order valence-corrected chi connectivity index (χ3v) is 7.36. The average molecular weight is 544 g/mol. The summed E-state index contributed by atoms with van der Waals surface area (Å²) in [5.41, 5.74) is 5.33. The number of nitrogens with two attached hydrogens (primary N) is 1. The van der Waals surface area contributed by atoms with Crippen LogP contribution in [0.2, 0.25) is 0 Å². The zero-order chi connectivity index (χ0) is 29.6. The molecule has 202 valence electrons. The third kappa shape index (κ3) is 3.81. The summed E-state index contributed by atoms with van der Waals surface area (Å²) in [6.07, 6.45) is -1.46. The number of anilines is 2. The van der Waals surface area contributed by atoms with Gasteiger partial charge in [-0.2, -0.15) is 18.3 Å². The first-order valence-electron chi connectivity index (χ1n) is 14.0. The maximum Gasteiger partial charge on any atom is 0.389 e. The lowest BCUT2D eigenvalue weighted by atomic mass is 9.77. The SMILES string of the molecule is [2H]C([2H])([2H])n1ncc2c(-c3nc(N)c4c(n3)NC(=O)C4(c3nnc(C4CC4)o3)C3CC3)nc(CCCC(F)(F)F)nc21. The molecule has 1 atom stereocenters. The Morgan fingerprint density at radius 3 is 2.74 bits per heavy atom. The molecule has 7 rings (SSSR count). The summed E-state index contributed by atoms with van der Waals surface area (Å²) in [6, 6.07) is 0. The molecule has 1 amide bonds. The normalized spacial score (nSPS) is 22.4. The number of hydrogen-bond donors (Lipinski definition) is 2. The molecule has 4 aromatic heterocycles. The summed E-state index contributed by atoms with van der Waals surface area (Å²) in [5.74, 6) is 0.0863. The molecule has 0 spiro atoms. The molecule has 39 heavy (non-hydrogen) atoms. The van der Waals surface area contributed by atoms with E-state index in [0.717, 1.165) is 25.7 Å². The van der Waals surface area contributed by atoms with Crippen LogP contribution in [-0.4, -0.2) is 52.0 Å². The van der Waals surface area contributed by atoms with Crippen LogP contribution < -0.4 is 11.1 Å². The van der Waals surface area contributed by atoms with E-state index in [-0.39, 0.29) is 70.6 Å². The van der Waals surface area contributed by atoms with E-state index < -0.39 is 30.9 Å². The van der Waals surface area contributed by atoms with Gasteiger partial charge in [-0.1, -0.05) is 0 Å². The second-order valence-corrected chi connectivity index (χ2v) is 10.2. The summed E-state index contributed by atoms with van der Waals surface area (Å²) < 4.78 is 68.5. The standard InChI is InChI=1S/C24H23F3N10O2/c1-37-19-12(9-29-37)15(30-13(31-19)3-2-8-23(25,26)27)18-32-16(28)14-17(33-18)34-21(38)24(14,11-6-7-11)22-36-35-20(39-22)10-4-5-10/h9-11H,2-8H2,1H3,(H3,28,32,33,34,38)/i1D3. The maximum atomic E-state index is 13.7. The second kappa shape index (κ2) is 8.16. The summed E-state index contributed by atoms with van der Waals surface area (Å²) in [7, 11) is 0. The predicted molar refractivity (Wildman–Crippen MR) is 129 cm³/mol. The minimum atomic E-state index is -4.38. The Balaban J connectivity index is 1.35.